The highest BCUT2D eigenvalue weighted by molar-refractivity contribution is 6.24. The van der Waals surface area contributed by atoms with E-state index in [0.717, 1.165) is 16.7 Å². The van der Waals surface area contributed by atoms with Crippen molar-refractivity contribution in [1.29, 1.82) is 0 Å². The van der Waals surface area contributed by atoms with Crippen LogP contribution in [0.15, 0.2) is 72.8 Å². The third-order valence-electron chi connectivity index (χ3n) is 6.19. The first-order chi connectivity index (χ1) is 15.9. The number of fused-ring (bicyclic) bond motifs is 1. The number of aryl methyl sites for hydroxylation is 2. The zero-order valence-corrected chi connectivity index (χ0v) is 18.0. The highest BCUT2D eigenvalue weighted by atomic mass is 16.7. The van der Waals surface area contributed by atoms with E-state index in [4.69, 9.17) is 4.84 Å². The molecule has 5 rings (SSSR count). The molecule has 0 saturated carbocycles. The van der Waals surface area contributed by atoms with Gasteiger partial charge >= 0.3 is 0 Å². The summed E-state index contributed by atoms with van der Waals surface area (Å²) in [5.74, 6) is -1.58. The van der Waals surface area contributed by atoms with Gasteiger partial charge in [-0.1, -0.05) is 54.1 Å². The van der Waals surface area contributed by atoms with Crippen LogP contribution in [0.4, 0.5) is 17.1 Å². The van der Waals surface area contributed by atoms with Crippen molar-refractivity contribution in [3.63, 3.8) is 0 Å². The van der Waals surface area contributed by atoms with E-state index in [1.807, 2.05) is 50.2 Å². The largest absolute Gasteiger partial charge is 0.273 e. The highest BCUT2D eigenvalue weighted by Crippen LogP contribution is 2.48. The summed E-state index contributed by atoms with van der Waals surface area (Å²) in [5.41, 5.74) is 3.48. The molecule has 2 heterocycles. The third kappa shape index (κ3) is 3.35. The molecule has 2 fully saturated rings. The average molecular weight is 443 g/mol. The minimum Gasteiger partial charge on any atom is -0.273 e. The van der Waals surface area contributed by atoms with Crippen LogP contribution in [-0.2, 0) is 14.4 Å². The molecular formula is C25H21N3O5. The number of hydroxylamine groups is 1. The standard InChI is InChI=1S/C25H21N3O5/c1-15-10-12-17(13-11-15)22-21-23(33-27(22)18-7-5-8-19(14-18)28(31)32)25(30)26(24(21)29)20-9-4-3-6-16(20)2/h3-14,21-23H,1-2H3. The number of imide groups is 1. The molecular weight excluding hydrogens is 422 g/mol. The van der Waals surface area contributed by atoms with E-state index in [9.17, 15) is 19.7 Å². The van der Waals surface area contributed by atoms with Gasteiger partial charge < -0.3 is 0 Å². The molecule has 3 aromatic rings. The quantitative estimate of drug-likeness (QED) is 0.340. The molecule has 0 N–H and O–H groups in total. The second-order valence-corrected chi connectivity index (χ2v) is 8.31. The second kappa shape index (κ2) is 7.83. The molecule has 3 unspecified atom stereocenters. The number of amides is 2. The maximum Gasteiger partial charge on any atom is 0.271 e. The van der Waals surface area contributed by atoms with E-state index in [1.165, 1.54) is 22.1 Å². The SMILES string of the molecule is Cc1ccc(C2C3C(=O)N(c4ccccc4C)C(=O)C3ON2c2cccc([N+](=O)[O-])c2)cc1. The number of hydrogen-bond donors (Lipinski definition) is 0. The van der Waals surface area contributed by atoms with Gasteiger partial charge in [-0.3, -0.25) is 24.5 Å². The molecule has 0 spiro atoms. The first-order valence-corrected chi connectivity index (χ1v) is 10.6. The molecule has 8 heteroatoms. The number of carbonyl (C=O) groups is 2. The van der Waals surface area contributed by atoms with Gasteiger partial charge in [0, 0.05) is 12.1 Å². The lowest BCUT2D eigenvalue weighted by Crippen LogP contribution is -2.37. The first kappa shape index (κ1) is 20.8. The number of benzene rings is 3. The Labute approximate surface area is 190 Å². The highest BCUT2D eigenvalue weighted by Gasteiger charge is 2.60. The van der Waals surface area contributed by atoms with E-state index in [2.05, 4.69) is 0 Å². The van der Waals surface area contributed by atoms with Crippen LogP contribution < -0.4 is 9.96 Å². The predicted octanol–water partition coefficient (Wildman–Crippen LogP) is 4.26. The van der Waals surface area contributed by atoms with Gasteiger partial charge in [-0.2, -0.15) is 0 Å². The molecule has 166 valence electrons. The van der Waals surface area contributed by atoms with E-state index in [-0.39, 0.29) is 11.6 Å². The maximum absolute atomic E-state index is 13.6. The van der Waals surface area contributed by atoms with E-state index in [0.29, 0.717) is 11.4 Å². The summed E-state index contributed by atoms with van der Waals surface area (Å²) in [7, 11) is 0. The normalized spacial score (nSPS) is 22.1. The van der Waals surface area contributed by atoms with Crippen LogP contribution in [0, 0.1) is 29.9 Å². The summed E-state index contributed by atoms with van der Waals surface area (Å²) in [6.45, 7) is 3.80. The zero-order chi connectivity index (χ0) is 23.3. The van der Waals surface area contributed by atoms with Crippen LogP contribution in [0.5, 0.6) is 0 Å². The van der Waals surface area contributed by atoms with Crippen molar-refractivity contribution in [2.45, 2.75) is 26.0 Å². The summed E-state index contributed by atoms with van der Waals surface area (Å²) >= 11 is 0. The number of hydrogen-bond acceptors (Lipinski definition) is 6. The van der Waals surface area contributed by atoms with Crippen LogP contribution in [0.2, 0.25) is 0 Å². The summed E-state index contributed by atoms with van der Waals surface area (Å²) in [6, 6.07) is 20.2. The number of anilines is 2. The molecule has 2 aliphatic rings. The smallest absolute Gasteiger partial charge is 0.271 e. The number of rotatable bonds is 4. The molecule has 0 aliphatic carbocycles. The Bertz CT molecular complexity index is 1270. The number of nitro benzene ring substituents is 1. The van der Waals surface area contributed by atoms with Gasteiger partial charge in [0.1, 0.15) is 5.92 Å². The minimum atomic E-state index is -1.03. The minimum absolute atomic E-state index is 0.102. The molecule has 0 bridgehead atoms. The van der Waals surface area contributed by atoms with E-state index >= 15 is 0 Å². The van der Waals surface area contributed by atoms with Gasteiger partial charge in [0.2, 0.25) is 5.91 Å². The molecule has 2 amide bonds. The predicted molar refractivity (Wildman–Crippen MR) is 122 cm³/mol. The molecule has 33 heavy (non-hydrogen) atoms. The fourth-order valence-corrected chi connectivity index (χ4v) is 4.54. The molecule has 3 aromatic carbocycles. The van der Waals surface area contributed by atoms with Crippen LogP contribution in [0.1, 0.15) is 22.7 Å². The molecule has 2 saturated heterocycles. The molecule has 3 atom stereocenters. The summed E-state index contributed by atoms with van der Waals surface area (Å²) in [5, 5.41) is 12.8. The lowest BCUT2D eigenvalue weighted by atomic mass is 9.90. The fraction of sp³-hybridized carbons (Fsp3) is 0.200. The van der Waals surface area contributed by atoms with E-state index < -0.39 is 28.9 Å². The Morgan fingerprint density at radius 3 is 2.33 bits per heavy atom. The Morgan fingerprint density at radius 1 is 0.909 bits per heavy atom. The molecule has 8 nitrogen and oxygen atoms in total. The average Bonchev–Trinajstić information content (AvgIpc) is 3.31. The van der Waals surface area contributed by atoms with Crippen LogP contribution in [-0.4, -0.2) is 22.8 Å². The Kier molecular flexibility index (Phi) is 4.94. The lowest BCUT2D eigenvalue weighted by molar-refractivity contribution is -0.384. The second-order valence-electron chi connectivity index (χ2n) is 8.31. The van der Waals surface area contributed by atoms with Crippen LogP contribution in [0.25, 0.3) is 0 Å². The van der Waals surface area contributed by atoms with Gasteiger partial charge in [0.15, 0.2) is 6.10 Å². The van der Waals surface area contributed by atoms with Gasteiger partial charge in [-0.15, -0.1) is 0 Å². The van der Waals surface area contributed by atoms with Gasteiger partial charge in [-0.25, -0.2) is 9.96 Å². The summed E-state index contributed by atoms with van der Waals surface area (Å²) < 4.78 is 0. The summed E-state index contributed by atoms with van der Waals surface area (Å²) in [4.78, 5) is 45.1. The Balaban J connectivity index is 1.61. The van der Waals surface area contributed by atoms with Crippen LogP contribution in [0.3, 0.4) is 0 Å². The van der Waals surface area contributed by atoms with E-state index in [1.54, 1.807) is 24.3 Å². The van der Waals surface area contributed by atoms with Crippen LogP contribution >= 0.6 is 0 Å². The number of para-hydroxylation sites is 1. The zero-order valence-electron chi connectivity index (χ0n) is 18.0. The van der Waals surface area contributed by atoms with Gasteiger partial charge in [0.25, 0.3) is 11.6 Å². The lowest BCUT2D eigenvalue weighted by Gasteiger charge is -2.29. The van der Waals surface area contributed by atoms with Crippen molar-refractivity contribution in [1.82, 2.24) is 0 Å². The van der Waals surface area contributed by atoms with Crippen molar-refractivity contribution in [3.8, 4) is 0 Å². The Hall–Kier alpha value is -4.04. The number of carbonyl (C=O) groups excluding carboxylic acids is 2. The molecule has 2 aliphatic heterocycles. The third-order valence-corrected chi connectivity index (χ3v) is 6.19. The van der Waals surface area contributed by atoms with Crippen molar-refractivity contribution in [3.05, 3.63) is 99.6 Å². The van der Waals surface area contributed by atoms with Crippen molar-refractivity contribution >= 4 is 28.9 Å². The first-order valence-electron chi connectivity index (χ1n) is 10.6. The number of nitrogens with zero attached hydrogens (tertiary/aromatic N) is 3. The van der Waals surface area contributed by atoms with Gasteiger partial charge in [-0.05, 0) is 37.1 Å². The monoisotopic (exact) mass is 443 g/mol. The van der Waals surface area contributed by atoms with Crippen molar-refractivity contribution in [2.24, 2.45) is 5.92 Å². The number of non-ortho nitro benzene ring substituents is 1. The van der Waals surface area contributed by atoms with Crippen molar-refractivity contribution in [2.75, 3.05) is 9.96 Å². The van der Waals surface area contributed by atoms with Crippen molar-refractivity contribution < 1.29 is 19.3 Å². The number of nitro groups is 1. The van der Waals surface area contributed by atoms with Gasteiger partial charge in [0.05, 0.1) is 22.3 Å². The maximum atomic E-state index is 13.6. The Morgan fingerprint density at radius 2 is 1.64 bits per heavy atom. The fourth-order valence-electron chi connectivity index (χ4n) is 4.54. The molecule has 0 radical (unpaired) electrons. The topological polar surface area (TPSA) is 93.0 Å². The summed E-state index contributed by atoms with van der Waals surface area (Å²) in [6.07, 6.45) is -1.03. The molecule has 0 aromatic heterocycles.